The van der Waals surface area contributed by atoms with E-state index in [-0.39, 0.29) is 18.3 Å². The van der Waals surface area contributed by atoms with E-state index >= 15 is 0 Å². The van der Waals surface area contributed by atoms with Crippen molar-refractivity contribution in [3.8, 4) is 41.3 Å². The molecule has 0 aliphatic carbocycles. The lowest BCUT2D eigenvalue weighted by Crippen LogP contribution is -2.27. The first-order chi connectivity index (χ1) is 33.8. The normalized spacial score (nSPS) is 16.1. The lowest BCUT2D eigenvalue weighted by molar-refractivity contribution is 0.0235. The maximum atomic E-state index is 6.20. The molecule has 0 amide bonds. The highest BCUT2D eigenvalue weighted by Gasteiger charge is 2.25. The fraction of sp³-hybridized carbons (Fsp3) is 0.346. The van der Waals surface area contributed by atoms with Gasteiger partial charge in [0.05, 0.1) is 83.6 Å². The molecule has 11 rings (SSSR count). The van der Waals surface area contributed by atoms with Crippen LogP contribution in [0.1, 0.15) is 66.5 Å². The maximum Gasteiger partial charge on any atom is 0.226 e. The Morgan fingerprint density at radius 1 is 0.565 bits per heavy atom. The molecule has 4 aliphatic rings. The molecule has 0 atom stereocenters. The summed E-state index contributed by atoms with van der Waals surface area (Å²) in [6.07, 6.45) is 11.0. The molecule has 0 radical (unpaired) electrons. The first kappa shape index (κ1) is 48.2. The zero-order valence-electron chi connectivity index (χ0n) is 38.2. The molecule has 14 nitrogen and oxygen atoms in total. The average Bonchev–Trinajstić information content (AvgIpc) is 4.05. The molecule has 4 aliphatic heterocycles. The van der Waals surface area contributed by atoms with Crippen molar-refractivity contribution in [1.82, 2.24) is 34.5 Å². The number of aromatic nitrogens is 7. The number of halogens is 3. The van der Waals surface area contributed by atoms with E-state index in [1.165, 1.54) is 0 Å². The van der Waals surface area contributed by atoms with Gasteiger partial charge in [-0.15, -0.1) is 0 Å². The molecule has 5 aromatic heterocycles. The largest absolute Gasteiger partial charge is 0.474 e. The molecule has 354 valence electrons. The summed E-state index contributed by atoms with van der Waals surface area (Å²) in [4.78, 5) is 17.8. The second-order valence-electron chi connectivity index (χ2n) is 16.5. The summed E-state index contributed by atoms with van der Waals surface area (Å²) in [5.74, 6) is 14.4. The highest BCUT2D eigenvalue weighted by molar-refractivity contribution is 14.1. The smallest absolute Gasteiger partial charge is 0.226 e. The van der Waals surface area contributed by atoms with Gasteiger partial charge in [0.15, 0.2) is 0 Å². The van der Waals surface area contributed by atoms with E-state index in [0.29, 0.717) is 58.8 Å². The first-order valence-corrected chi connectivity index (χ1v) is 24.7. The van der Waals surface area contributed by atoms with Crippen LogP contribution in [0, 0.1) is 27.4 Å². The lowest BCUT2D eigenvalue weighted by Gasteiger charge is -2.23. The number of pyridine rings is 3. The Balaban J connectivity index is 0.000000131. The Morgan fingerprint density at radius 2 is 1.03 bits per heavy atom. The van der Waals surface area contributed by atoms with Gasteiger partial charge in [0, 0.05) is 82.3 Å². The molecule has 0 N–H and O–H groups in total. The van der Waals surface area contributed by atoms with Gasteiger partial charge in [-0.2, -0.15) is 10.2 Å². The van der Waals surface area contributed by atoms with Crippen LogP contribution in [0.5, 0.6) is 17.6 Å². The number of ether oxygens (including phenoxy) is 6. The molecular weight excluding hydrogens is 1030 g/mol. The van der Waals surface area contributed by atoms with Crippen LogP contribution in [0.25, 0.3) is 21.8 Å². The minimum atomic E-state index is 0.103. The van der Waals surface area contributed by atoms with Crippen molar-refractivity contribution in [2.75, 3.05) is 39.6 Å². The molecule has 17 heteroatoms. The van der Waals surface area contributed by atoms with Crippen molar-refractivity contribution in [2.45, 2.75) is 63.4 Å². The number of aryl methyl sites for hydroxylation is 2. The second-order valence-corrected chi connectivity index (χ2v) is 18.3. The molecule has 0 bridgehead atoms. The first-order valence-electron chi connectivity index (χ1n) is 22.9. The Hall–Kier alpha value is -5.79. The van der Waals surface area contributed by atoms with Gasteiger partial charge in [0.1, 0.15) is 33.4 Å². The standard InChI is InChI=1S/C20H18ClN3O2.C20H17ClN2O2.C12H14IN3O2/c1-24-18-8-11-22-20(26-15-9-12-25-13-10-15)19(18)17(23-24)7-6-14-4-2-3-5-16(14)21;21-17-4-2-1-3-14(17)5-6-18-19-15(13-23-18)7-10-22-20(19)25-16-8-11-24-12-9-16;1-16-9-2-5-14-12(10(9)11(13)15-16)18-8-3-6-17-7-4-8/h2-5,8,11,15H,9-10,12-13H2,1H3;1-4,7,10,16H,8-9,11-13H2;2,5,8H,3-4,6-7H2,1H3. The number of aliphatic imine (C=N–C) groups is 1. The minimum Gasteiger partial charge on any atom is -0.474 e. The van der Waals surface area contributed by atoms with Crippen molar-refractivity contribution in [1.29, 1.82) is 0 Å². The minimum absolute atomic E-state index is 0.103. The number of rotatable bonds is 6. The van der Waals surface area contributed by atoms with E-state index in [2.05, 4.69) is 76.4 Å². The van der Waals surface area contributed by atoms with Gasteiger partial charge in [-0.05, 0) is 82.5 Å². The second kappa shape index (κ2) is 23.2. The van der Waals surface area contributed by atoms with Gasteiger partial charge in [0.2, 0.25) is 17.6 Å². The van der Waals surface area contributed by atoms with Gasteiger partial charge >= 0.3 is 0 Å². The summed E-state index contributed by atoms with van der Waals surface area (Å²) in [6.45, 7) is 5.03. The molecule has 69 heavy (non-hydrogen) atoms. The fourth-order valence-electron chi connectivity index (χ4n) is 8.11. The van der Waals surface area contributed by atoms with E-state index in [1.807, 2.05) is 85.5 Å². The zero-order valence-corrected chi connectivity index (χ0v) is 41.8. The third-order valence-corrected chi connectivity index (χ3v) is 13.2. The maximum absolute atomic E-state index is 6.20. The van der Waals surface area contributed by atoms with Crippen molar-refractivity contribution in [3.63, 3.8) is 0 Å². The van der Waals surface area contributed by atoms with E-state index in [1.54, 1.807) is 23.3 Å². The monoisotopic (exact) mass is 1080 g/mol. The molecule has 9 heterocycles. The SMILES string of the molecule is Clc1ccccc1C#CC1=NCc2ccnc(OC3CCOCC3)c21.Cn1nc(C#Cc2ccccc2Cl)c2c(OC3CCOCC3)nccc21.Cn1nc(I)c2c(OC3CCOCC3)nccc21. The Labute approximate surface area is 424 Å². The fourth-order valence-corrected chi connectivity index (χ4v) is 9.31. The van der Waals surface area contributed by atoms with Gasteiger partial charge in [-0.25, -0.2) is 15.0 Å². The van der Waals surface area contributed by atoms with Crippen LogP contribution >= 0.6 is 45.8 Å². The van der Waals surface area contributed by atoms with Crippen molar-refractivity contribution >= 4 is 73.3 Å². The van der Waals surface area contributed by atoms with Crippen LogP contribution in [0.15, 0.2) is 90.3 Å². The van der Waals surface area contributed by atoms with Crippen LogP contribution in [0.3, 0.4) is 0 Å². The van der Waals surface area contributed by atoms with E-state index in [0.717, 1.165) is 113 Å². The van der Waals surface area contributed by atoms with E-state index < -0.39 is 0 Å². The molecule has 0 saturated carbocycles. The van der Waals surface area contributed by atoms with Crippen molar-refractivity contribution in [2.24, 2.45) is 19.1 Å². The topological polar surface area (TPSA) is 142 Å². The number of hydrogen-bond donors (Lipinski definition) is 0. The molecule has 7 aromatic rings. The lowest BCUT2D eigenvalue weighted by atomic mass is 10.1. The third-order valence-electron chi connectivity index (χ3n) is 11.8. The molecule has 0 unspecified atom stereocenters. The third kappa shape index (κ3) is 12.0. The average molecular weight is 1080 g/mol. The van der Waals surface area contributed by atoms with Gasteiger partial charge in [-0.1, -0.05) is 59.3 Å². The number of nitrogens with zero attached hydrogens (tertiary/aromatic N) is 8. The van der Waals surface area contributed by atoms with Crippen molar-refractivity contribution in [3.05, 3.63) is 127 Å². The zero-order chi connectivity index (χ0) is 47.5. The number of fused-ring (bicyclic) bond motifs is 3. The summed E-state index contributed by atoms with van der Waals surface area (Å²) >= 11 is 14.6. The molecule has 3 saturated heterocycles. The van der Waals surface area contributed by atoms with Crippen molar-refractivity contribution < 1.29 is 28.4 Å². The van der Waals surface area contributed by atoms with E-state index in [9.17, 15) is 0 Å². The number of hydrogen-bond acceptors (Lipinski definition) is 12. The van der Waals surface area contributed by atoms with Gasteiger partial charge in [0.25, 0.3) is 0 Å². The highest BCUT2D eigenvalue weighted by Crippen LogP contribution is 2.32. The number of benzene rings is 2. The van der Waals surface area contributed by atoms with E-state index in [4.69, 9.17) is 51.6 Å². The Morgan fingerprint density at radius 3 is 1.59 bits per heavy atom. The van der Waals surface area contributed by atoms with Crippen LogP contribution in [0.4, 0.5) is 0 Å². The molecule has 2 aromatic carbocycles. The summed E-state index contributed by atoms with van der Waals surface area (Å²) in [5.41, 5.74) is 6.90. The van der Waals surface area contributed by atoms with Gasteiger partial charge < -0.3 is 28.4 Å². The van der Waals surface area contributed by atoms with Crippen LogP contribution in [-0.4, -0.2) is 98.2 Å². The highest BCUT2D eigenvalue weighted by atomic mass is 127. The summed E-state index contributed by atoms with van der Waals surface area (Å²) in [5, 5.41) is 12.0. The quantitative estimate of drug-likeness (QED) is 0.116. The summed E-state index contributed by atoms with van der Waals surface area (Å²) in [7, 11) is 3.82. The van der Waals surface area contributed by atoms with Crippen LogP contribution in [-0.2, 0) is 34.9 Å². The summed E-state index contributed by atoms with van der Waals surface area (Å²) in [6, 6.07) is 20.9. The predicted molar refractivity (Wildman–Crippen MR) is 273 cm³/mol. The van der Waals surface area contributed by atoms with Crippen LogP contribution < -0.4 is 14.2 Å². The molecular formula is C52H49Cl2IN8O6. The van der Waals surface area contributed by atoms with Gasteiger partial charge in [-0.3, -0.25) is 14.4 Å². The Kier molecular flexibility index (Phi) is 16.2. The van der Waals surface area contributed by atoms with Crippen LogP contribution in [0.2, 0.25) is 10.0 Å². The molecule has 0 spiro atoms. The summed E-state index contributed by atoms with van der Waals surface area (Å²) < 4.78 is 39.0. The Bertz CT molecular complexity index is 3080. The predicted octanol–water partition coefficient (Wildman–Crippen LogP) is 9.36. The molecule has 3 fully saturated rings.